The average Bonchev–Trinajstić information content (AvgIpc) is 2.63. The summed E-state index contributed by atoms with van der Waals surface area (Å²) in [5.41, 5.74) is 2.96. The Hall–Kier alpha value is -1.28. The van der Waals surface area contributed by atoms with Gasteiger partial charge in [-0.1, -0.05) is 30.2 Å². The van der Waals surface area contributed by atoms with Gasteiger partial charge in [0.15, 0.2) is 0 Å². The third-order valence-corrected chi connectivity index (χ3v) is 3.56. The first-order valence-corrected chi connectivity index (χ1v) is 6.66. The van der Waals surface area contributed by atoms with Crippen LogP contribution in [0.2, 0.25) is 5.02 Å². The van der Waals surface area contributed by atoms with Gasteiger partial charge in [-0.3, -0.25) is 0 Å². The number of carbonyl (C=O) groups excluding carboxylic acids is 1. The van der Waals surface area contributed by atoms with Crippen molar-refractivity contribution in [3.8, 4) is 0 Å². The lowest BCUT2D eigenvalue weighted by Gasteiger charge is -2.11. The number of carbonyl (C=O) groups is 1. The van der Waals surface area contributed by atoms with E-state index in [0.717, 1.165) is 48.8 Å². The van der Waals surface area contributed by atoms with Crippen molar-refractivity contribution in [2.45, 2.75) is 32.1 Å². The van der Waals surface area contributed by atoms with Crippen LogP contribution >= 0.6 is 11.6 Å². The van der Waals surface area contributed by atoms with Crippen LogP contribution in [0.3, 0.4) is 0 Å². The van der Waals surface area contributed by atoms with Gasteiger partial charge in [-0.25, -0.2) is 4.79 Å². The maximum atomic E-state index is 11.9. The zero-order valence-electron chi connectivity index (χ0n) is 10.5. The molecule has 0 amide bonds. The van der Waals surface area contributed by atoms with Gasteiger partial charge in [-0.05, 0) is 49.0 Å². The minimum Gasteiger partial charge on any atom is -0.466 e. The van der Waals surface area contributed by atoms with Crippen LogP contribution in [0.1, 0.15) is 37.7 Å². The molecular formula is C15H17ClO2. The van der Waals surface area contributed by atoms with Crippen molar-refractivity contribution in [1.82, 2.24) is 0 Å². The molecule has 1 aliphatic rings. The van der Waals surface area contributed by atoms with Crippen LogP contribution in [0.4, 0.5) is 0 Å². The van der Waals surface area contributed by atoms with Crippen molar-refractivity contribution in [2.75, 3.05) is 7.11 Å². The highest BCUT2D eigenvalue weighted by molar-refractivity contribution is 6.30. The van der Waals surface area contributed by atoms with E-state index in [1.54, 1.807) is 0 Å². The summed E-state index contributed by atoms with van der Waals surface area (Å²) in [5.74, 6) is -0.202. The zero-order chi connectivity index (χ0) is 13.0. The van der Waals surface area contributed by atoms with E-state index >= 15 is 0 Å². The Morgan fingerprint density at radius 3 is 2.72 bits per heavy atom. The highest BCUT2D eigenvalue weighted by Gasteiger charge is 2.19. The molecule has 0 saturated carbocycles. The maximum absolute atomic E-state index is 11.9. The SMILES string of the molecule is COC(=O)C1=C(c2cccc(Cl)c2)CCCCC1. The Labute approximate surface area is 113 Å². The highest BCUT2D eigenvalue weighted by atomic mass is 35.5. The van der Waals surface area contributed by atoms with Gasteiger partial charge in [0.25, 0.3) is 0 Å². The molecule has 2 nitrogen and oxygen atoms in total. The minimum absolute atomic E-state index is 0.202. The smallest absolute Gasteiger partial charge is 0.334 e. The topological polar surface area (TPSA) is 26.3 Å². The van der Waals surface area contributed by atoms with Crippen molar-refractivity contribution in [3.63, 3.8) is 0 Å². The van der Waals surface area contributed by atoms with E-state index in [1.807, 2.05) is 24.3 Å². The number of methoxy groups -OCH3 is 1. The normalized spacial score (nSPS) is 16.3. The maximum Gasteiger partial charge on any atom is 0.334 e. The van der Waals surface area contributed by atoms with Gasteiger partial charge in [0, 0.05) is 10.6 Å². The Kier molecular flexibility index (Phi) is 4.43. The van der Waals surface area contributed by atoms with Gasteiger partial charge in [0.05, 0.1) is 7.11 Å². The van der Waals surface area contributed by atoms with Crippen LogP contribution in [0.25, 0.3) is 5.57 Å². The summed E-state index contributed by atoms with van der Waals surface area (Å²) >= 11 is 6.03. The first kappa shape index (κ1) is 13.2. The summed E-state index contributed by atoms with van der Waals surface area (Å²) in [5, 5.41) is 0.702. The van der Waals surface area contributed by atoms with Gasteiger partial charge in [-0.2, -0.15) is 0 Å². The molecule has 18 heavy (non-hydrogen) atoms. The van der Waals surface area contributed by atoms with E-state index in [9.17, 15) is 4.79 Å². The molecule has 2 rings (SSSR count). The molecule has 1 aliphatic carbocycles. The number of hydrogen-bond donors (Lipinski definition) is 0. The third-order valence-electron chi connectivity index (χ3n) is 3.32. The number of allylic oxidation sites excluding steroid dienone is 1. The van der Waals surface area contributed by atoms with E-state index in [0.29, 0.717) is 5.02 Å². The molecular weight excluding hydrogens is 248 g/mol. The molecule has 1 aromatic rings. The second kappa shape index (κ2) is 6.05. The summed E-state index contributed by atoms with van der Waals surface area (Å²) in [6.45, 7) is 0. The first-order valence-electron chi connectivity index (χ1n) is 6.28. The van der Waals surface area contributed by atoms with Crippen LogP contribution in [-0.4, -0.2) is 13.1 Å². The third kappa shape index (κ3) is 2.94. The van der Waals surface area contributed by atoms with Crippen molar-refractivity contribution < 1.29 is 9.53 Å². The lowest BCUT2D eigenvalue weighted by molar-refractivity contribution is -0.136. The number of esters is 1. The van der Waals surface area contributed by atoms with E-state index in [2.05, 4.69) is 0 Å². The quantitative estimate of drug-likeness (QED) is 0.747. The number of ether oxygens (including phenoxy) is 1. The van der Waals surface area contributed by atoms with Crippen LogP contribution < -0.4 is 0 Å². The Morgan fingerprint density at radius 1 is 1.22 bits per heavy atom. The Morgan fingerprint density at radius 2 is 2.00 bits per heavy atom. The van der Waals surface area contributed by atoms with Crippen LogP contribution in [-0.2, 0) is 9.53 Å². The van der Waals surface area contributed by atoms with Gasteiger partial charge in [0.1, 0.15) is 0 Å². The van der Waals surface area contributed by atoms with Crippen molar-refractivity contribution in [1.29, 1.82) is 0 Å². The molecule has 1 aromatic carbocycles. The standard InChI is InChI=1S/C15H17ClO2/c1-18-15(17)14-9-4-2-3-8-13(14)11-6-5-7-12(16)10-11/h5-7,10H,2-4,8-9H2,1H3. The summed E-state index contributed by atoms with van der Waals surface area (Å²) in [7, 11) is 1.44. The molecule has 3 heteroatoms. The molecule has 0 N–H and O–H groups in total. The molecule has 0 saturated heterocycles. The fraction of sp³-hybridized carbons (Fsp3) is 0.400. The van der Waals surface area contributed by atoms with Gasteiger partial charge < -0.3 is 4.74 Å². The van der Waals surface area contributed by atoms with Crippen LogP contribution in [0.15, 0.2) is 29.8 Å². The number of benzene rings is 1. The van der Waals surface area contributed by atoms with E-state index in [1.165, 1.54) is 7.11 Å². The average molecular weight is 265 g/mol. The molecule has 0 unspecified atom stereocenters. The van der Waals surface area contributed by atoms with Gasteiger partial charge in [0.2, 0.25) is 0 Å². The predicted octanol–water partition coefficient (Wildman–Crippen LogP) is 4.23. The molecule has 0 bridgehead atoms. The van der Waals surface area contributed by atoms with E-state index in [-0.39, 0.29) is 5.97 Å². The fourth-order valence-corrected chi connectivity index (χ4v) is 2.62. The summed E-state index contributed by atoms with van der Waals surface area (Å²) in [4.78, 5) is 11.9. The van der Waals surface area contributed by atoms with E-state index < -0.39 is 0 Å². The first-order chi connectivity index (χ1) is 8.72. The zero-order valence-corrected chi connectivity index (χ0v) is 11.3. The molecule has 96 valence electrons. The molecule has 0 radical (unpaired) electrons. The highest BCUT2D eigenvalue weighted by Crippen LogP contribution is 2.32. The Balaban J connectivity index is 2.46. The van der Waals surface area contributed by atoms with Crippen LogP contribution in [0, 0.1) is 0 Å². The lowest BCUT2D eigenvalue weighted by atomic mass is 9.96. The van der Waals surface area contributed by atoms with Crippen molar-refractivity contribution >= 4 is 23.1 Å². The fourth-order valence-electron chi connectivity index (χ4n) is 2.43. The molecule has 0 aromatic heterocycles. The van der Waals surface area contributed by atoms with Crippen LogP contribution in [0.5, 0.6) is 0 Å². The van der Waals surface area contributed by atoms with Crippen molar-refractivity contribution in [3.05, 3.63) is 40.4 Å². The molecule has 0 aliphatic heterocycles. The van der Waals surface area contributed by atoms with Crippen molar-refractivity contribution in [2.24, 2.45) is 0 Å². The predicted molar refractivity (Wildman–Crippen MR) is 73.5 cm³/mol. The second-order valence-electron chi connectivity index (χ2n) is 4.52. The largest absolute Gasteiger partial charge is 0.466 e. The monoisotopic (exact) mass is 264 g/mol. The summed E-state index contributed by atoms with van der Waals surface area (Å²) in [6, 6.07) is 7.70. The summed E-state index contributed by atoms with van der Waals surface area (Å²) in [6.07, 6.45) is 5.04. The molecule has 0 heterocycles. The van der Waals surface area contributed by atoms with Gasteiger partial charge >= 0.3 is 5.97 Å². The second-order valence-corrected chi connectivity index (χ2v) is 4.96. The number of rotatable bonds is 2. The molecule has 0 fully saturated rings. The summed E-state index contributed by atoms with van der Waals surface area (Å²) < 4.78 is 4.90. The molecule has 0 spiro atoms. The van der Waals surface area contributed by atoms with E-state index in [4.69, 9.17) is 16.3 Å². The number of hydrogen-bond acceptors (Lipinski definition) is 2. The van der Waals surface area contributed by atoms with Gasteiger partial charge in [-0.15, -0.1) is 0 Å². The lowest BCUT2D eigenvalue weighted by Crippen LogP contribution is -2.07. The number of halogens is 1. The Bertz CT molecular complexity index is 477. The molecule has 0 atom stereocenters. The minimum atomic E-state index is -0.202.